The van der Waals surface area contributed by atoms with Crippen molar-refractivity contribution in [3.05, 3.63) is 299 Å². The Balaban J connectivity index is 0.000000619. The second-order valence-electron chi connectivity index (χ2n) is 26.9. The van der Waals surface area contributed by atoms with Gasteiger partial charge in [-0.3, -0.25) is 39.4 Å². The summed E-state index contributed by atoms with van der Waals surface area (Å²) >= 11 is 3.57. The Kier molecular flexibility index (Phi) is 51.8. The quantitative estimate of drug-likeness (QED) is 0.142. The fraction of sp³-hybridized carbons (Fsp3) is 0.375. The molecule has 2 aliphatic rings. The van der Waals surface area contributed by atoms with E-state index in [2.05, 4.69) is 183 Å². The zero-order chi connectivity index (χ0) is 87.1. The van der Waals surface area contributed by atoms with E-state index in [1.807, 2.05) is 290 Å². The van der Waals surface area contributed by atoms with Crippen LogP contribution in [0.5, 0.6) is 0 Å². The van der Waals surface area contributed by atoms with Gasteiger partial charge in [0, 0.05) is 120 Å². The van der Waals surface area contributed by atoms with Crippen LogP contribution < -0.4 is 0 Å². The lowest BCUT2D eigenvalue weighted by atomic mass is 10.2. The number of rotatable bonds is 0. The van der Waals surface area contributed by atoms with Gasteiger partial charge in [-0.1, -0.05) is 51.8 Å². The Morgan fingerprint density at radius 1 is 0.422 bits per heavy atom. The van der Waals surface area contributed by atoms with Gasteiger partial charge in [-0.05, 0) is 266 Å². The maximum atomic E-state index is 5.08. The van der Waals surface area contributed by atoms with Crippen molar-refractivity contribution in [1.29, 1.82) is 0 Å². The van der Waals surface area contributed by atoms with E-state index >= 15 is 0 Å². The second-order valence-corrected chi connectivity index (χ2v) is 29.8. The van der Waals surface area contributed by atoms with E-state index in [1.165, 1.54) is 37.0 Å². The Hall–Kier alpha value is -11.9. The average Bonchev–Trinajstić information content (AvgIpc) is 1.98. The molecule has 0 saturated heterocycles. The molecule has 622 valence electrons. The van der Waals surface area contributed by atoms with Crippen molar-refractivity contribution in [3.8, 4) is 0 Å². The van der Waals surface area contributed by atoms with Crippen LogP contribution in [-0.4, -0.2) is 131 Å². The Labute approximate surface area is 696 Å². The van der Waals surface area contributed by atoms with Gasteiger partial charge < -0.3 is 18.3 Å². The molecule has 0 radical (unpaired) electrons. The first-order valence-corrected chi connectivity index (χ1v) is 39.2. The van der Waals surface area contributed by atoms with Crippen LogP contribution in [0.4, 0.5) is 0 Å². The van der Waals surface area contributed by atoms with Crippen molar-refractivity contribution in [1.82, 2.24) is 95.2 Å². The summed E-state index contributed by atoms with van der Waals surface area (Å²) in [5, 5.41) is 30.5. The number of thiazole rings is 1. The second kappa shape index (κ2) is 58.9. The minimum absolute atomic E-state index is 0.319. The van der Waals surface area contributed by atoms with Gasteiger partial charge in [-0.2, -0.15) is 20.4 Å². The Bertz CT molecular complexity index is 3990. The van der Waals surface area contributed by atoms with Crippen molar-refractivity contribution in [2.75, 3.05) is 6.54 Å². The number of aromatic amines is 2. The van der Waals surface area contributed by atoms with Crippen molar-refractivity contribution in [2.45, 2.75) is 207 Å². The minimum atomic E-state index is 0.319. The van der Waals surface area contributed by atoms with Gasteiger partial charge in [-0.15, -0.1) is 27.8 Å². The molecule has 0 saturated carbocycles. The number of nitrogens with zero attached hydrogens (tertiary/aromatic N) is 21. The SMILES string of the molecule is CC1=NC(C)=NC1.CC1=NC(C)C=N1.Cc1cc(C)[nH]n1.Cc1cc(C)on1.Cc1ccc(C)cc1.Cc1ccc(C)nc1.Cc1ccc(C)nn1.Cc1ccc(C)o1.Cc1ccc(C)s1.Cc1ccc[nH]1.Cc1cn(C)nn1.Cc1cnc(C)cn1.Cc1cnc(C)nc1.Cc1cnc(C)o1.Cc1cnc(C)s1.Cc1ncn(C)n1. The first kappa shape index (κ1) is 102. The molecule has 1 atom stereocenters. The molecule has 13 aromatic heterocycles. The van der Waals surface area contributed by atoms with E-state index in [-0.39, 0.29) is 0 Å². The van der Waals surface area contributed by atoms with Crippen LogP contribution in [0.1, 0.15) is 167 Å². The summed E-state index contributed by atoms with van der Waals surface area (Å²) < 4.78 is 18.1. The lowest BCUT2D eigenvalue weighted by molar-refractivity contribution is 0.393. The third-order valence-corrected chi connectivity index (χ3v) is 15.5. The van der Waals surface area contributed by atoms with Crippen molar-refractivity contribution in [2.24, 2.45) is 34.1 Å². The molecule has 0 bridgehead atoms. The number of benzene rings is 1. The molecule has 2 aliphatic heterocycles. The predicted octanol–water partition coefficient (Wildman–Crippen LogP) is 20.2. The van der Waals surface area contributed by atoms with Crippen LogP contribution in [0.15, 0.2) is 192 Å². The highest BCUT2D eigenvalue weighted by atomic mass is 32.1. The molecule has 116 heavy (non-hydrogen) atoms. The van der Waals surface area contributed by atoms with Crippen LogP contribution in [0.25, 0.3) is 0 Å². The largest absolute Gasteiger partial charge is 0.467 e. The van der Waals surface area contributed by atoms with Crippen LogP contribution in [0.3, 0.4) is 0 Å². The van der Waals surface area contributed by atoms with Crippen molar-refractivity contribution in [3.63, 3.8) is 0 Å². The summed E-state index contributed by atoms with van der Waals surface area (Å²) in [5.74, 6) is 7.91. The van der Waals surface area contributed by atoms with Crippen LogP contribution >= 0.6 is 22.7 Å². The third-order valence-electron chi connectivity index (χ3n) is 13.8. The highest BCUT2D eigenvalue weighted by Gasteiger charge is 2.01. The van der Waals surface area contributed by atoms with Gasteiger partial charge in [0.25, 0.3) is 0 Å². The number of hydrogen-bond acceptors (Lipinski definition) is 24. The number of thiophene rings is 1. The molecular weight excluding hydrogens is 1490 g/mol. The summed E-state index contributed by atoms with van der Waals surface area (Å²) in [6.45, 7) is 57.8. The summed E-state index contributed by atoms with van der Waals surface area (Å²) in [6.07, 6.45) is 19.9. The van der Waals surface area contributed by atoms with Gasteiger partial charge in [0.2, 0.25) is 0 Å². The first-order chi connectivity index (χ1) is 54.7. The molecule has 14 aromatic rings. The number of amidine groups is 2. The van der Waals surface area contributed by atoms with E-state index in [1.54, 1.807) is 45.6 Å². The van der Waals surface area contributed by atoms with Crippen LogP contribution in [0, 0.1) is 173 Å². The number of oxazole rings is 1. The van der Waals surface area contributed by atoms with E-state index in [0.29, 0.717) is 6.04 Å². The molecule has 0 spiro atoms. The fourth-order valence-corrected chi connectivity index (χ4v) is 9.59. The number of nitrogens with one attached hydrogen (secondary N) is 2. The lowest BCUT2D eigenvalue weighted by Crippen LogP contribution is -1.91. The predicted molar refractivity (Wildman–Crippen MR) is 477 cm³/mol. The maximum Gasteiger partial charge on any atom is 0.191 e. The van der Waals surface area contributed by atoms with Crippen LogP contribution in [-0.2, 0) is 14.1 Å². The smallest absolute Gasteiger partial charge is 0.191 e. The number of hydrogen-bond donors (Lipinski definition) is 2. The normalized spacial score (nSPS) is 11.1. The van der Waals surface area contributed by atoms with Crippen molar-refractivity contribution >= 4 is 46.3 Å². The molecule has 1 unspecified atom stereocenters. The van der Waals surface area contributed by atoms with Gasteiger partial charge in [0.15, 0.2) is 5.89 Å². The van der Waals surface area contributed by atoms with Gasteiger partial charge in [0.05, 0.1) is 63.6 Å². The molecule has 2 N–H and O–H groups in total. The van der Waals surface area contributed by atoms with E-state index in [4.69, 9.17) is 13.4 Å². The number of aliphatic imine (C=N–C) groups is 4. The van der Waals surface area contributed by atoms with Crippen molar-refractivity contribution < 1.29 is 13.4 Å². The molecule has 0 amide bonds. The minimum Gasteiger partial charge on any atom is -0.467 e. The molecule has 28 heteroatoms. The molecule has 0 fully saturated rings. The third kappa shape index (κ3) is 57.2. The number of H-pyrrole nitrogens is 2. The highest BCUT2D eigenvalue weighted by molar-refractivity contribution is 7.11. The zero-order valence-electron chi connectivity index (χ0n) is 74.3. The average molecular weight is 1620 g/mol. The number of aromatic nitrogens is 19. The molecule has 26 nitrogen and oxygen atoms in total. The number of aryl methyl sites for hydroxylation is 27. The van der Waals surface area contributed by atoms with E-state index in [0.717, 1.165) is 126 Å². The van der Waals surface area contributed by atoms with Crippen LogP contribution in [0.2, 0.25) is 0 Å². The molecule has 16 rings (SSSR count). The summed E-state index contributed by atoms with van der Waals surface area (Å²) in [6, 6.07) is 32.8. The molecule has 0 aliphatic carbocycles. The van der Waals surface area contributed by atoms with Gasteiger partial charge in [0.1, 0.15) is 52.7 Å². The van der Waals surface area contributed by atoms with E-state index in [9.17, 15) is 0 Å². The van der Waals surface area contributed by atoms with E-state index < -0.39 is 0 Å². The topological polar surface area (TPSA) is 324 Å². The Morgan fingerprint density at radius 2 is 0.983 bits per heavy atom. The monoisotopic (exact) mass is 1620 g/mol. The maximum absolute atomic E-state index is 5.08. The molecule has 15 heterocycles. The molecular formula is C88H125N23O3S2. The zero-order valence-corrected chi connectivity index (χ0v) is 75.9. The molecule has 1 aromatic carbocycles. The lowest BCUT2D eigenvalue weighted by Gasteiger charge is -1.90. The Morgan fingerprint density at radius 3 is 1.18 bits per heavy atom. The standard InChI is InChI=1S/C8H10.C7H9N.3C6H8N2.C6H8O.C6H8S.3C5H8N2.2C5H7NO.C5H7NS.C5H7N.2C4H7N3/c1-7-3-5-8(2)6-4-7;1-6-3-4-7(2)8-5-6;1-5-3-8-6(2)4-7-5;1-5-3-7-6(2)8-4-5;1-5-3-4-6(2)8-7-5;2*1-5-3-4-6(2)7-5;2*1-4-3-6-5(2)7-4;1-4-3-5(2)7-6-4;1-4-3-6-5(2)7-4;1-4-3-5(2)7-6-4;1-4-3-6-5(2)7-4;1-5-3-2-4-6-5;1-4-5-3-7(2)6-4;1-4-3-7(2)6-5-4/h3-6H,1-2H3;3-5H,1-2H3;3*3-4H,1-2H3;2*3-4H,1-2H3;3H2,1-2H3;3-4H,1-2H3;3H,1-2H3,(H,6,7);3*3H,1-2H3;2-4,6H,1H3;2*3H,1-2H3. The summed E-state index contributed by atoms with van der Waals surface area (Å²) in [4.78, 5) is 55.0. The highest BCUT2D eigenvalue weighted by Crippen LogP contribution is 2.12. The number of furan rings is 1. The van der Waals surface area contributed by atoms with Gasteiger partial charge >= 0.3 is 0 Å². The van der Waals surface area contributed by atoms with Gasteiger partial charge in [-0.25, -0.2) is 34.9 Å². The first-order valence-electron chi connectivity index (χ1n) is 37.5. The fourth-order valence-electron chi connectivity index (χ4n) is 8.14. The summed E-state index contributed by atoms with van der Waals surface area (Å²) in [5.41, 5.74) is 16.4. The number of pyridine rings is 1. The summed E-state index contributed by atoms with van der Waals surface area (Å²) in [7, 11) is 3.69.